The normalized spacial score (nSPS) is 13.6. The molecule has 0 spiro atoms. The molecule has 0 saturated carbocycles. The van der Waals surface area contributed by atoms with Crippen molar-refractivity contribution in [2.45, 2.75) is 111 Å². The number of benzene rings is 1. The third kappa shape index (κ3) is 13.6. The summed E-state index contributed by atoms with van der Waals surface area (Å²) < 4.78 is 0. The van der Waals surface area contributed by atoms with Crippen LogP contribution in [-0.2, 0) is 0 Å². The van der Waals surface area contributed by atoms with Crippen LogP contribution < -0.4 is 0 Å². The van der Waals surface area contributed by atoms with Crippen molar-refractivity contribution in [1.82, 2.24) is 0 Å². The summed E-state index contributed by atoms with van der Waals surface area (Å²) in [6.07, 6.45) is 8.95. The van der Waals surface area contributed by atoms with E-state index in [1.807, 2.05) is 0 Å². The van der Waals surface area contributed by atoms with E-state index in [2.05, 4.69) is 90.3 Å². The Kier molecular flexibility index (Phi) is 29.3. The summed E-state index contributed by atoms with van der Waals surface area (Å²) in [7, 11) is 0. The smallest absolute Gasteiger partial charge is 0.0138 e. The molecule has 180 valence electrons. The third-order valence-corrected chi connectivity index (χ3v) is 5.44. The molecule has 0 amide bonds. The van der Waals surface area contributed by atoms with Gasteiger partial charge in [-0.05, 0) is 69.3 Å². The van der Waals surface area contributed by atoms with Crippen molar-refractivity contribution in [3.8, 4) is 0 Å². The highest BCUT2D eigenvalue weighted by atomic mass is 14.3. The molecule has 0 aliphatic rings. The SMILES string of the molecule is C.C.C.C.C.C.C=CC(C)(CC(CC(C)=CC)C(=C)C)CC(CC)c1ccccc1. The lowest BCUT2D eigenvalue weighted by Crippen LogP contribution is -2.22. The lowest BCUT2D eigenvalue weighted by molar-refractivity contribution is 0.281. The monoisotopic (exact) mass is 420 g/mol. The fourth-order valence-corrected chi connectivity index (χ4v) is 3.53. The minimum absolute atomic E-state index is 0. The molecule has 3 atom stereocenters. The molecule has 30 heavy (non-hydrogen) atoms. The van der Waals surface area contributed by atoms with Gasteiger partial charge in [0.25, 0.3) is 0 Å². The molecule has 0 saturated heterocycles. The van der Waals surface area contributed by atoms with Crippen LogP contribution in [0.3, 0.4) is 0 Å². The van der Waals surface area contributed by atoms with E-state index in [0.29, 0.717) is 11.8 Å². The van der Waals surface area contributed by atoms with E-state index in [1.165, 1.54) is 23.1 Å². The Labute approximate surface area is 194 Å². The molecule has 1 aromatic carbocycles. The Morgan fingerprint density at radius 1 is 0.967 bits per heavy atom. The van der Waals surface area contributed by atoms with Crippen molar-refractivity contribution < 1.29 is 0 Å². The van der Waals surface area contributed by atoms with E-state index in [4.69, 9.17) is 0 Å². The summed E-state index contributed by atoms with van der Waals surface area (Å²) in [6, 6.07) is 10.9. The number of allylic oxidation sites excluding steroid dienone is 4. The molecule has 0 N–H and O–H groups in total. The number of hydrogen-bond donors (Lipinski definition) is 0. The zero-order chi connectivity index (χ0) is 18.2. The van der Waals surface area contributed by atoms with Crippen molar-refractivity contribution in [3.05, 3.63) is 72.4 Å². The Balaban J connectivity index is -0.000000240. The van der Waals surface area contributed by atoms with Gasteiger partial charge in [-0.15, -0.1) is 6.58 Å². The minimum Gasteiger partial charge on any atom is -0.103 e. The van der Waals surface area contributed by atoms with Crippen LogP contribution in [-0.4, -0.2) is 0 Å². The fourth-order valence-electron chi connectivity index (χ4n) is 3.53. The molecule has 0 fully saturated rings. The van der Waals surface area contributed by atoms with Crippen molar-refractivity contribution >= 4 is 0 Å². The molecular weight excluding hydrogens is 360 g/mol. The first-order chi connectivity index (χ1) is 11.3. The molecule has 0 radical (unpaired) electrons. The molecule has 1 rings (SSSR count). The molecule has 0 heterocycles. The van der Waals surface area contributed by atoms with E-state index < -0.39 is 0 Å². The molecular formula is C30H60. The molecule has 0 bridgehead atoms. The van der Waals surface area contributed by atoms with Gasteiger partial charge in [-0.1, -0.05) is 119 Å². The first-order valence-electron chi connectivity index (χ1n) is 9.31. The van der Waals surface area contributed by atoms with Gasteiger partial charge in [0.05, 0.1) is 0 Å². The van der Waals surface area contributed by atoms with Gasteiger partial charge in [0.2, 0.25) is 0 Å². The number of rotatable bonds is 10. The maximum Gasteiger partial charge on any atom is -0.0138 e. The summed E-state index contributed by atoms with van der Waals surface area (Å²) >= 11 is 0. The standard InChI is InChI=1S/C24H36.6CH4/c1-8-20(6)16-23(19(4)5)18-24(7,10-3)17-21(9-2)22-14-12-11-13-15-22;;;;;;/h8,10-15,21,23H,3-4,9,16-18H2,1-2,5-7H3;6*1H4. The molecule has 3 unspecified atom stereocenters. The maximum absolute atomic E-state index is 4.26. The maximum atomic E-state index is 4.26. The molecule has 1 aromatic rings. The van der Waals surface area contributed by atoms with Crippen LogP contribution in [0.1, 0.15) is 116 Å². The average Bonchev–Trinajstić information content (AvgIpc) is 2.59. The van der Waals surface area contributed by atoms with Crippen LogP contribution in [0.2, 0.25) is 0 Å². The lowest BCUT2D eigenvalue weighted by atomic mass is 9.70. The van der Waals surface area contributed by atoms with Gasteiger partial charge >= 0.3 is 0 Å². The highest BCUT2D eigenvalue weighted by Crippen LogP contribution is 2.42. The van der Waals surface area contributed by atoms with E-state index in [0.717, 1.165) is 19.3 Å². The second kappa shape index (κ2) is 20.7. The molecule has 0 nitrogen and oxygen atoms in total. The third-order valence-electron chi connectivity index (χ3n) is 5.44. The second-order valence-electron chi connectivity index (χ2n) is 7.66. The molecule has 0 heteroatoms. The van der Waals surface area contributed by atoms with E-state index in [-0.39, 0.29) is 50.0 Å². The highest BCUT2D eigenvalue weighted by Gasteiger charge is 2.29. The zero-order valence-electron chi connectivity index (χ0n) is 16.4. The van der Waals surface area contributed by atoms with Crippen LogP contribution in [0, 0.1) is 11.3 Å². The zero-order valence-corrected chi connectivity index (χ0v) is 16.4. The van der Waals surface area contributed by atoms with Crippen molar-refractivity contribution in [2.24, 2.45) is 11.3 Å². The first-order valence-corrected chi connectivity index (χ1v) is 9.31. The largest absolute Gasteiger partial charge is 0.103 e. The van der Waals surface area contributed by atoms with Gasteiger partial charge in [-0.3, -0.25) is 0 Å². The average molecular weight is 421 g/mol. The van der Waals surface area contributed by atoms with Crippen LogP contribution in [0.25, 0.3) is 0 Å². The fraction of sp³-hybridized carbons (Fsp3) is 0.600. The molecule has 0 aliphatic carbocycles. The Morgan fingerprint density at radius 2 is 1.47 bits per heavy atom. The van der Waals surface area contributed by atoms with Gasteiger partial charge < -0.3 is 0 Å². The minimum atomic E-state index is 0. The summed E-state index contributed by atoms with van der Waals surface area (Å²) in [4.78, 5) is 0. The quantitative estimate of drug-likeness (QED) is 0.330. The van der Waals surface area contributed by atoms with Gasteiger partial charge in [0.15, 0.2) is 0 Å². The van der Waals surface area contributed by atoms with Crippen LogP contribution in [0.5, 0.6) is 0 Å². The van der Waals surface area contributed by atoms with Gasteiger partial charge in [-0.2, -0.15) is 0 Å². The summed E-state index contributed by atoms with van der Waals surface area (Å²) in [5.74, 6) is 1.11. The van der Waals surface area contributed by atoms with Crippen LogP contribution in [0.15, 0.2) is 66.8 Å². The van der Waals surface area contributed by atoms with Gasteiger partial charge in [0, 0.05) is 0 Å². The van der Waals surface area contributed by atoms with Crippen molar-refractivity contribution in [2.75, 3.05) is 0 Å². The molecule has 0 aromatic heterocycles. The topological polar surface area (TPSA) is 0 Å². The predicted molar refractivity (Wildman–Crippen MR) is 150 cm³/mol. The summed E-state index contributed by atoms with van der Waals surface area (Å²) in [6.45, 7) is 19.6. The second-order valence-corrected chi connectivity index (χ2v) is 7.66. The Hall–Kier alpha value is -1.56. The van der Waals surface area contributed by atoms with E-state index >= 15 is 0 Å². The number of hydrogen-bond acceptors (Lipinski definition) is 0. The Morgan fingerprint density at radius 3 is 1.83 bits per heavy atom. The lowest BCUT2D eigenvalue weighted by Gasteiger charge is -2.34. The highest BCUT2D eigenvalue weighted by molar-refractivity contribution is 5.20. The van der Waals surface area contributed by atoms with Gasteiger partial charge in [0.1, 0.15) is 0 Å². The van der Waals surface area contributed by atoms with E-state index in [1.54, 1.807) is 0 Å². The van der Waals surface area contributed by atoms with Crippen LogP contribution in [0.4, 0.5) is 0 Å². The predicted octanol–water partition coefficient (Wildman–Crippen LogP) is 11.5. The Bertz CT molecular complexity index is 549. The van der Waals surface area contributed by atoms with Crippen molar-refractivity contribution in [3.63, 3.8) is 0 Å². The van der Waals surface area contributed by atoms with E-state index in [9.17, 15) is 0 Å². The van der Waals surface area contributed by atoms with Gasteiger partial charge in [-0.25, -0.2) is 0 Å². The van der Waals surface area contributed by atoms with Crippen molar-refractivity contribution in [1.29, 1.82) is 0 Å². The van der Waals surface area contributed by atoms with Crippen LogP contribution >= 0.6 is 0 Å². The summed E-state index contributed by atoms with van der Waals surface area (Å²) in [5, 5.41) is 0. The molecule has 0 aliphatic heterocycles. The summed E-state index contributed by atoms with van der Waals surface area (Å²) in [5.41, 5.74) is 4.32. The first kappa shape index (κ1) is 42.5.